The first-order valence-electron chi connectivity index (χ1n) is 7.48. The summed E-state index contributed by atoms with van der Waals surface area (Å²) >= 11 is 0. The Balaban J connectivity index is 2.34. The predicted octanol–water partition coefficient (Wildman–Crippen LogP) is 2.05. The quantitative estimate of drug-likeness (QED) is 0.541. The molecule has 1 aromatic rings. The molecule has 1 aromatic carbocycles. The minimum Gasteiger partial charge on any atom is -0.494 e. The Morgan fingerprint density at radius 3 is 2.41 bits per heavy atom. The van der Waals surface area contributed by atoms with E-state index in [1.165, 1.54) is 20.0 Å². The molecule has 0 unspecified atom stereocenters. The zero-order valence-electron chi connectivity index (χ0n) is 13.2. The maximum absolute atomic E-state index is 11.8. The molecule has 0 saturated heterocycles. The van der Waals surface area contributed by atoms with Crippen LogP contribution in [0.5, 0.6) is 5.75 Å². The lowest BCUT2D eigenvalue weighted by Crippen LogP contribution is -2.43. The summed E-state index contributed by atoms with van der Waals surface area (Å²) < 4.78 is 10.2. The molecule has 0 aliphatic heterocycles. The van der Waals surface area contributed by atoms with Crippen LogP contribution in [0.1, 0.15) is 43.0 Å². The first-order valence-corrected chi connectivity index (χ1v) is 7.48. The molecule has 22 heavy (non-hydrogen) atoms. The molecular weight excluding hydrogens is 284 g/mol. The average Bonchev–Trinajstić information content (AvgIpc) is 2.53. The van der Waals surface area contributed by atoms with Crippen LogP contribution in [-0.4, -0.2) is 32.1 Å². The van der Waals surface area contributed by atoms with Crippen LogP contribution in [0.2, 0.25) is 0 Å². The SMILES string of the molecule is CCCCCCOc1ccc(C(=O)NNC(=O)COC)cc1. The number of benzene rings is 1. The van der Waals surface area contributed by atoms with Gasteiger partial charge in [0.25, 0.3) is 11.8 Å². The predicted molar refractivity (Wildman–Crippen MR) is 83.6 cm³/mol. The second-order valence-electron chi connectivity index (χ2n) is 4.87. The molecule has 2 N–H and O–H groups in total. The Hall–Kier alpha value is -2.08. The fourth-order valence-electron chi connectivity index (χ4n) is 1.79. The summed E-state index contributed by atoms with van der Waals surface area (Å²) in [6.45, 7) is 2.74. The third-order valence-corrected chi connectivity index (χ3v) is 2.97. The van der Waals surface area contributed by atoms with Gasteiger partial charge in [0, 0.05) is 12.7 Å². The molecule has 0 aliphatic rings. The summed E-state index contributed by atoms with van der Waals surface area (Å²) in [7, 11) is 1.41. The van der Waals surface area contributed by atoms with Crippen molar-refractivity contribution in [3.05, 3.63) is 29.8 Å². The van der Waals surface area contributed by atoms with Crippen LogP contribution in [0.4, 0.5) is 0 Å². The largest absolute Gasteiger partial charge is 0.494 e. The van der Waals surface area contributed by atoms with E-state index in [0.29, 0.717) is 12.2 Å². The van der Waals surface area contributed by atoms with Crippen LogP contribution in [0.3, 0.4) is 0 Å². The fraction of sp³-hybridized carbons (Fsp3) is 0.500. The Kier molecular flexibility index (Phi) is 8.67. The van der Waals surface area contributed by atoms with Gasteiger partial charge in [0.15, 0.2) is 0 Å². The van der Waals surface area contributed by atoms with Gasteiger partial charge in [0.05, 0.1) is 6.61 Å². The molecule has 6 nitrogen and oxygen atoms in total. The highest BCUT2D eigenvalue weighted by Gasteiger charge is 2.07. The van der Waals surface area contributed by atoms with E-state index in [-0.39, 0.29) is 12.5 Å². The van der Waals surface area contributed by atoms with Crippen LogP contribution in [0.15, 0.2) is 24.3 Å². The molecule has 6 heteroatoms. The van der Waals surface area contributed by atoms with Crippen molar-refractivity contribution >= 4 is 11.8 Å². The van der Waals surface area contributed by atoms with Gasteiger partial charge in [-0.15, -0.1) is 0 Å². The molecule has 0 aromatic heterocycles. The summed E-state index contributed by atoms with van der Waals surface area (Å²) in [6, 6.07) is 6.79. The average molecular weight is 308 g/mol. The third kappa shape index (κ3) is 7.08. The lowest BCUT2D eigenvalue weighted by atomic mass is 10.2. The third-order valence-electron chi connectivity index (χ3n) is 2.97. The molecule has 0 fully saturated rings. The van der Waals surface area contributed by atoms with Crippen molar-refractivity contribution in [3.8, 4) is 5.75 Å². The van der Waals surface area contributed by atoms with Crippen LogP contribution in [0, 0.1) is 0 Å². The summed E-state index contributed by atoms with van der Waals surface area (Å²) in [6.07, 6.45) is 4.61. The first-order chi connectivity index (χ1) is 10.7. The normalized spacial score (nSPS) is 10.1. The fourth-order valence-corrected chi connectivity index (χ4v) is 1.79. The van der Waals surface area contributed by atoms with E-state index in [2.05, 4.69) is 22.5 Å². The van der Waals surface area contributed by atoms with Crippen LogP contribution in [-0.2, 0) is 9.53 Å². The number of nitrogens with one attached hydrogen (secondary N) is 2. The first kappa shape index (κ1) is 18.0. The highest BCUT2D eigenvalue weighted by Crippen LogP contribution is 2.13. The second-order valence-corrected chi connectivity index (χ2v) is 4.87. The Morgan fingerprint density at radius 2 is 1.77 bits per heavy atom. The molecule has 122 valence electrons. The number of hydrogen-bond donors (Lipinski definition) is 2. The van der Waals surface area contributed by atoms with Gasteiger partial charge in [-0.2, -0.15) is 0 Å². The molecule has 0 bridgehead atoms. The number of rotatable bonds is 9. The maximum Gasteiger partial charge on any atom is 0.269 e. The lowest BCUT2D eigenvalue weighted by Gasteiger charge is -2.08. The molecule has 0 spiro atoms. The van der Waals surface area contributed by atoms with Crippen molar-refractivity contribution < 1.29 is 19.1 Å². The number of methoxy groups -OCH3 is 1. The van der Waals surface area contributed by atoms with Crippen molar-refractivity contribution in [2.24, 2.45) is 0 Å². The van der Waals surface area contributed by atoms with Gasteiger partial charge in [-0.25, -0.2) is 0 Å². The Morgan fingerprint density at radius 1 is 1.05 bits per heavy atom. The van der Waals surface area contributed by atoms with Crippen molar-refractivity contribution in [2.45, 2.75) is 32.6 Å². The number of amides is 2. The second kappa shape index (κ2) is 10.6. The van der Waals surface area contributed by atoms with Gasteiger partial charge in [-0.3, -0.25) is 20.4 Å². The molecule has 0 atom stereocenters. The van der Waals surface area contributed by atoms with E-state index in [9.17, 15) is 9.59 Å². The van der Waals surface area contributed by atoms with Gasteiger partial charge < -0.3 is 9.47 Å². The minimum absolute atomic E-state index is 0.106. The molecule has 0 heterocycles. The summed E-state index contributed by atoms with van der Waals surface area (Å²) in [5.74, 6) is -0.0710. The van der Waals surface area contributed by atoms with Crippen molar-refractivity contribution in [3.63, 3.8) is 0 Å². The molecule has 0 saturated carbocycles. The molecule has 1 rings (SSSR count). The number of unbranched alkanes of at least 4 members (excludes halogenated alkanes) is 3. The number of hydrazine groups is 1. The van der Waals surface area contributed by atoms with Crippen LogP contribution < -0.4 is 15.6 Å². The van der Waals surface area contributed by atoms with Crippen molar-refractivity contribution in [1.82, 2.24) is 10.9 Å². The summed E-state index contributed by atoms with van der Waals surface area (Å²) in [5.41, 5.74) is 5.01. The smallest absolute Gasteiger partial charge is 0.269 e. The van der Waals surface area contributed by atoms with Crippen LogP contribution >= 0.6 is 0 Å². The number of ether oxygens (including phenoxy) is 2. The van der Waals surface area contributed by atoms with Crippen molar-refractivity contribution in [1.29, 1.82) is 0 Å². The lowest BCUT2D eigenvalue weighted by molar-refractivity contribution is -0.125. The molecule has 0 radical (unpaired) electrons. The number of carbonyl (C=O) groups excluding carboxylic acids is 2. The van der Waals surface area contributed by atoms with Gasteiger partial charge in [0.2, 0.25) is 0 Å². The Bertz CT molecular complexity index is 460. The standard InChI is InChI=1S/C16H24N2O4/c1-3-4-5-6-11-22-14-9-7-13(8-10-14)16(20)18-17-15(19)12-21-2/h7-10H,3-6,11-12H2,1-2H3,(H,17,19)(H,18,20). The monoisotopic (exact) mass is 308 g/mol. The van der Waals surface area contributed by atoms with E-state index in [0.717, 1.165) is 18.6 Å². The number of carbonyl (C=O) groups is 2. The van der Waals surface area contributed by atoms with Gasteiger partial charge >= 0.3 is 0 Å². The zero-order chi connectivity index (χ0) is 16.2. The summed E-state index contributed by atoms with van der Waals surface area (Å²) in [4.78, 5) is 22.9. The maximum atomic E-state index is 11.8. The van der Waals surface area contributed by atoms with Gasteiger partial charge in [-0.05, 0) is 30.7 Å². The van der Waals surface area contributed by atoms with Gasteiger partial charge in [0.1, 0.15) is 12.4 Å². The topological polar surface area (TPSA) is 76.7 Å². The van der Waals surface area contributed by atoms with E-state index in [1.54, 1.807) is 24.3 Å². The highest BCUT2D eigenvalue weighted by molar-refractivity contribution is 5.95. The van der Waals surface area contributed by atoms with Crippen molar-refractivity contribution in [2.75, 3.05) is 20.3 Å². The molecular formula is C16H24N2O4. The molecule has 2 amide bonds. The zero-order valence-corrected chi connectivity index (χ0v) is 13.2. The van der Waals surface area contributed by atoms with E-state index >= 15 is 0 Å². The van der Waals surface area contributed by atoms with E-state index < -0.39 is 5.91 Å². The van der Waals surface area contributed by atoms with E-state index in [4.69, 9.17) is 4.74 Å². The minimum atomic E-state index is -0.414. The van der Waals surface area contributed by atoms with Gasteiger partial charge in [-0.1, -0.05) is 26.2 Å². The van der Waals surface area contributed by atoms with Crippen LogP contribution in [0.25, 0.3) is 0 Å². The van der Waals surface area contributed by atoms with E-state index in [1.807, 2.05) is 0 Å². The molecule has 0 aliphatic carbocycles. The summed E-state index contributed by atoms with van der Waals surface area (Å²) in [5, 5.41) is 0. The Labute approximate surface area is 131 Å². The highest BCUT2D eigenvalue weighted by atomic mass is 16.5. The number of hydrogen-bond acceptors (Lipinski definition) is 4.